The van der Waals surface area contributed by atoms with Crippen molar-refractivity contribution in [3.63, 3.8) is 0 Å². The first-order valence-electron chi connectivity index (χ1n) is 5.12. The third-order valence-corrected chi connectivity index (χ3v) is 3.37. The van der Waals surface area contributed by atoms with Crippen LogP contribution in [0.3, 0.4) is 0 Å². The van der Waals surface area contributed by atoms with E-state index in [4.69, 9.17) is 9.84 Å². The van der Waals surface area contributed by atoms with Crippen LogP contribution in [0, 0.1) is 3.57 Å². The van der Waals surface area contributed by atoms with Crippen molar-refractivity contribution in [1.82, 2.24) is 9.97 Å². The molecule has 0 bridgehead atoms. The zero-order chi connectivity index (χ0) is 13.3. The number of hydrogen-bond donors (Lipinski definition) is 4. The Morgan fingerprint density at radius 1 is 1.67 bits per heavy atom. The lowest BCUT2D eigenvalue weighted by atomic mass is 10.1. The van der Waals surface area contributed by atoms with Crippen molar-refractivity contribution in [3.05, 3.63) is 20.3 Å². The highest BCUT2D eigenvalue weighted by atomic mass is 127. The normalized spacial score (nSPS) is 31.6. The van der Waals surface area contributed by atoms with E-state index in [1.807, 2.05) is 22.6 Å². The van der Waals surface area contributed by atoms with Crippen LogP contribution in [0.1, 0.15) is 0 Å². The van der Waals surface area contributed by atoms with Gasteiger partial charge in [0.05, 0.1) is 10.2 Å². The number of hydrogen-bond acceptors (Lipinski definition) is 6. The fourth-order valence-corrected chi connectivity index (χ4v) is 2.05. The Bertz CT molecular complexity index is 485. The molecule has 2 rings (SSSR count). The fourth-order valence-electron chi connectivity index (χ4n) is 1.62. The zero-order valence-corrected chi connectivity index (χ0v) is 11.2. The number of halogens is 2. The lowest BCUT2D eigenvalue weighted by Gasteiger charge is -2.16. The lowest BCUT2D eigenvalue weighted by molar-refractivity contribution is -0.0151. The number of anilines is 1. The van der Waals surface area contributed by atoms with Gasteiger partial charge in [0, 0.05) is 6.20 Å². The maximum atomic E-state index is 13.7. The Morgan fingerprint density at radius 3 is 3.00 bits per heavy atom. The highest BCUT2D eigenvalue weighted by Crippen LogP contribution is 2.25. The maximum Gasteiger partial charge on any atom is 0.346 e. The molecule has 1 aromatic heterocycles. The molecule has 0 amide bonds. The third kappa shape index (κ3) is 2.63. The van der Waals surface area contributed by atoms with Gasteiger partial charge in [0.15, 0.2) is 12.4 Å². The first-order chi connectivity index (χ1) is 8.52. The average molecular weight is 371 g/mol. The van der Waals surface area contributed by atoms with Crippen molar-refractivity contribution in [2.45, 2.75) is 24.6 Å². The van der Waals surface area contributed by atoms with Gasteiger partial charge >= 0.3 is 5.69 Å². The van der Waals surface area contributed by atoms with Crippen molar-refractivity contribution in [2.75, 3.05) is 11.9 Å². The first kappa shape index (κ1) is 13.6. The molecular weight excluding hydrogens is 360 g/mol. The minimum atomic E-state index is -1.70. The number of rotatable bonds is 3. The predicted octanol–water partition coefficient (Wildman–Crippen LogP) is -0.797. The van der Waals surface area contributed by atoms with E-state index in [0.717, 1.165) is 0 Å². The summed E-state index contributed by atoms with van der Waals surface area (Å²) in [6, 6.07) is 0. The van der Waals surface area contributed by atoms with Gasteiger partial charge in [0.25, 0.3) is 0 Å². The van der Waals surface area contributed by atoms with Crippen molar-refractivity contribution in [2.24, 2.45) is 0 Å². The molecule has 1 saturated heterocycles. The summed E-state index contributed by atoms with van der Waals surface area (Å²) in [7, 11) is 0. The molecule has 1 aromatic rings. The number of alkyl halides is 1. The van der Waals surface area contributed by atoms with E-state index in [9.17, 15) is 14.3 Å². The van der Waals surface area contributed by atoms with E-state index < -0.39 is 36.9 Å². The lowest BCUT2D eigenvalue weighted by Crippen LogP contribution is -2.34. The minimum Gasteiger partial charge on any atom is -0.394 e. The van der Waals surface area contributed by atoms with Gasteiger partial charge in [-0.1, -0.05) is 0 Å². The number of aromatic amines is 1. The molecule has 1 fully saturated rings. The number of nitrogens with one attached hydrogen (secondary N) is 2. The van der Waals surface area contributed by atoms with Gasteiger partial charge in [-0.15, -0.1) is 0 Å². The molecule has 1 aliphatic heterocycles. The Hall–Kier alpha value is -0.780. The summed E-state index contributed by atoms with van der Waals surface area (Å²) >= 11 is 1.91. The molecule has 4 N–H and O–H groups in total. The van der Waals surface area contributed by atoms with E-state index in [2.05, 4.69) is 15.3 Å². The van der Waals surface area contributed by atoms with E-state index in [-0.39, 0.29) is 5.82 Å². The first-order valence-corrected chi connectivity index (χ1v) is 6.20. The quantitative estimate of drug-likeness (QED) is 0.519. The summed E-state index contributed by atoms with van der Waals surface area (Å²) in [5.74, 6) is 0.258. The summed E-state index contributed by atoms with van der Waals surface area (Å²) in [4.78, 5) is 16.9. The second kappa shape index (κ2) is 5.47. The number of ether oxygens (including phenoxy) is 1. The SMILES string of the molecule is O=c1ncc(I)c(NC2O[C@@H](CO)[C@H](O)[C@H]2F)[nH]1. The van der Waals surface area contributed by atoms with Gasteiger partial charge in [-0.25, -0.2) is 14.2 Å². The molecule has 7 nitrogen and oxygen atoms in total. The second-order valence-electron chi connectivity index (χ2n) is 3.77. The standard InChI is InChI=1S/C9H11FIN3O4/c10-5-6(16)4(2-15)18-8(5)13-7-3(11)1-12-9(17)14-7/h1,4-6,8,15-16H,2H2,(H2,12,13,14,17)/t4-,5+,6-,8?/m0/s1. The van der Waals surface area contributed by atoms with Crippen molar-refractivity contribution in [1.29, 1.82) is 0 Å². The van der Waals surface area contributed by atoms with Crippen LogP contribution in [0.25, 0.3) is 0 Å². The van der Waals surface area contributed by atoms with Crippen LogP contribution in [0.5, 0.6) is 0 Å². The second-order valence-corrected chi connectivity index (χ2v) is 4.93. The number of aromatic nitrogens is 2. The number of nitrogens with zero attached hydrogens (tertiary/aromatic N) is 1. The minimum absolute atomic E-state index is 0.258. The van der Waals surface area contributed by atoms with Gasteiger partial charge in [-0.3, -0.25) is 4.98 Å². The van der Waals surface area contributed by atoms with E-state index in [1.54, 1.807) is 0 Å². The van der Waals surface area contributed by atoms with Gasteiger partial charge in [0.2, 0.25) is 0 Å². The molecule has 0 aliphatic carbocycles. The Balaban J connectivity index is 2.15. The van der Waals surface area contributed by atoms with Gasteiger partial charge in [-0.2, -0.15) is 0 Å². The Morgan fingerprint density at radius 2 is 2.39 bits per heavy atom. The van der Waals surface area contributed by atoms with Gasteiger partial charge < -0.3 is 20.3 Å². The molecule has 9 heteroatoms. The Labute approximate surface area is 115 Å². The van der Waals surface area contributed by atoms with E-state index in [1.165, 1.54) is 6.20 Å². The molecule has 2 heterocycles. The number of H-pyrrole nitrogens is 1. The fraction of sp³-hybridized carbons (Fsp3) is 0.556. The van der Waals surface area contributed by atoms with Crippen LogP contribution in [0.4, 0.5) is 10.2 Å². The summed E-state index contributed by atoms with van der Waals surface area (Å²) in [6.07, 6.45) is -3.90. The van der Waals surface area contributed by atoms with Gasteiger partial charge in [0.1, 0.15) is 18.0 Å². The molecule has 0 aromatic carbocycles. The molecule has 1 unspecified atom stereocenters. The van der Waals surface area contributed by atoms with Crippen LogP contribution >= 0.6 is 22.6 Å². The number of aliphatic hydroxyl groups excluding tert-OH is 2. The smallest absolute Gasteiger partial charge is 0.346 e. The molecule has 100 valence electrons. The summed E-state index contributed by atoms with van der Waals surface area (Å²) < 4.78 is 19.4. The highest BCUT2D eigenvalue weighted by molar-refractivity contribution is 14.1. The molecule has 4 atom stereocenters. The van der Waals surface area contributed by atoms with Crippen LogP contribution in [-0.2, 0) is 4.74 Å². The third-order valence-electron chi connectivity index (χ3n) is 2.55. The highest BCUT2D eigenvalue weighted by Gasteiger charge is 2.44. The Kier molecular flexibility index (Phi) is 4.14. The molecule has 18 heavy (non-hydrogen) atoms. The molecule has 0 radical (unpaired) electrons. The predicted molar refractivity (Wildman–Crippen MR) is 67.8 cm³/mol. The van der Waals surface area contributed by atoms with Crippen molar-refractivity contribution < 1.29 is 19.3 Å². The molecule has 1 aliphatic rings. The number of aliphatic hydroxyl groups is 2. The molecule has 0 spiro atoms. The van der Waals surface area contributed by atoms with Crippen LogP contribution in [0.2, 0.25) is 0 Å². The largest absolute Gasteiger partial charge is 0.394 e. The van der Waals surface area contributed by atoms with Crippen molar-refractivity contribution >= 4 is 28.4 Å². The van der Waals surface area contributed by atoms with Crippen molar-refractivity contribution in [3.8, 4) is 0 Å². The van der Waals surface area contributed by atoms with E-state index in [0.29, 0.717) is 3.57 Å². The van der Waals surface area contributed by atoms with Crippen LogP contribution in [-0.4, -0.2) is 51.4 Å². The molecule has 0 saturated carbocycles. The van der Waals surface area contributed by atoms with Crippen LogP contribution in [0.15, 0.2) is 11.0 Å². The topological polar surface area (TPSA) is 107 Å². The zero-order valence-electron chi connectivity index (χ0n) is 9.01. The maximum absolute atomic E-state index is 13.7. The van der Waals surface area contributed by atoms with E-state index >= 15 is 0 Å². The average Bonchev–Trinajstić information content (AvgIpc) is 2.62. The molecular formula is C9H11FIN3O4. The summed E-state index contributed by atoms with van der Waals surface area (Å²) in [6.45, 7) is -0.482. The summed E-state index contributed by atoms with van der Waals surface area (Å²) in [5.41, 5.74) is -0.578. The van der Waals surface area contributed by atoms with Crippen LogP contribution < -0.4 is 11.0 Å². The monoisotopic (exact) mass is 371 g/mol. The summed E-state index contributed by atoms with van der Waals surface area (Å²) in [5, 5.41) is 21.0. The van der Waals surface area contributed by atoms with Gasteiger partial charge in [-0.05, 0) is 22.6 Å².